The van der Waals surface area contributed by atoms with Gasteiger partial charge < -0.3 is 4.90 Å². The minimum Gasteiger partial charge on any atom is -0.315 e. The van der Waals surface area contributed by atoms with E-state index in [1.165, 1.54) is 11.8 Å². The summed E-state index contributed by atoms with van der Waals surface area (Å²) in [6.45, 7) is 1.42. The van der Waals surface area contributed by atoms with E-state index in [0.29, 0.717) is 0 Å². The quantitative estimate of drug-likeness (QED) is 0.797. The van der Waals surface area contributed by atoms with Gasteiger partial charge in [0.25, 0.3) is 0 Å². The van der Waals surface area contributed by atoms with E-state index < -0.39 is 0 Å². The Labute approximate surface area is 118 Å². The molecule has 3 heteroatoms. The Morgan fingerprint density at radius 3 is 2.00 bits per heavy atom. The third kappa shape index (κ3) is 3.32. The van der Waals surface area contributed by atoms with E-state index in [9.17, 15) is 9.59 Å². The maximum atomic E-state index is 11.8. The molecule has 0 aliphatic heterocycles. The van der Waals surface area contributed by atoms with Crippen LogP contribution in [-0.4, -0.2) is 18.7 Å². The number of Topliss-reactive ketones (excluding diaryl/α,β-unsaturated/α-hetero) is 1. The Bertz CT molecular complexity index is 603. The first-order valence-corrected chi connectivity index (χ1v) is 6.49. The predicted molar refractivity (Wildman–Crippen MR) is 80.6 cm³/mol. The Morgan fingerprint density at radius 2 is 1.45 bits per heavy atom. The zero-order valence-electron chi connectivity index (χ0n) is 11.7. The first-order chi connectivity index (χ1) is 9.58. The topological polar surface area (TPSA) is 37.4 Å². The summed E-state index contributed by atoms with van der Waals surface area (Å²) in [4.78, 5) is 24.3. The molecule has 0 heterocycles. The van der Waals surface area contributed by atoms with Crippen LogP contribution in [-0.2, 0) is 9.59 Å². The molecule has 20 heavy (non-hydrogen) atoms. The van der Waals surface area contributed by atoms with Crippen molar-refractivity contribution in [2.24, 2.45) is 0 Å². The Hall–Kier alpha value is -2.42. The molecule has 2 rings (SSSR count). The van der Waals surface area contributed by atoms with E-state index in [0.717, 1.165) is 16.8 Å². The minimum atomic E-state index is -0.190. The average molecular weight is 267 g/mol. The van der Waals surface area contributed by atoms with Gasteiger partial charge in [-0.25, -0.2) is 0 Å². The number of amides is 1. The van der Waals surface area contributed by atoms with Crippen LogP contribution in [0.3, 0.4) is 0 Å². The molecule has 0 saturated carbocycles. The second-order valence-electron chi connectivity index (χ2n) is 4.74. The number of rotatable bonds is 4. The first-order valence-electron chi connectivity index (χ1n) is 6.49. The number of benzene rings is 2. The maximum Gasteiger partial charge on any atom is 0.234 e. The number of anilines is 1. The van der Waals surface area contributed by atoms with Crippen LogP contribution in [0.4, 0.5) is 5.69 Å². The van der Waals surface area contributed by atoms with Gasteiger partial charge in [-0.3, -0.25) is 9.59 Å². The van der Waals surface area contributed by atoms with Gasteiger partial charge in [-0.05, 0) is 30.2 Å². The van der Waals surface area contributed by atoms with Gasteiger partial charge in [-0.1, -0.05) is 42.5 Å². The Morgan fingerprint density at radius 1 is 0.900 bits per heavy atom. The first kappa shape index (κ1) is 14.0. The van der Waals surface area contributed by atoms with Gasteiger partial charge in [-0.2, -0.15) is 0 Å². The largest absolute Gasteiger partial charge is 0.315 e. The van der Waals surface area contributed by atoms with Crippen molar-refractivity contribution in [1.82, 2.24) is 0 Å². The zero-order valence-corrected chi connectivity index (χ0v) is 11.7. The molecule has 102 valence electrons. The molecule has 0 spiro atoms. The monoisotopic (exact) mass is 267 g/mol. The van der Waals surface area contributed by atoms with Crippen LogP contribution in [0.2, 0.25) is 0 Å². The van der Waals surface area contributed by atoms with E-state index in [4.69, 9.17) is 0 Å². The Kier molecular flexibility index (Phi) is 4.31. The Balaban J connectivity index is 2.16. The molecule has 0 aromatic heterocycles. The van der Waals surface area contributed by atoms with Crippen LogP contribution in [0.5, 0.6) is 0 Å². The van der Waals surface area contributed by atoms with E-state index >= 15 is 0 Å². The fourth-order valence-electron chi connectivity index (χ4n) is 1.98. The van der Waals surface area contributed by atoms with E-state index in [-0.39, 0.29) is 18.1 Å². The van der Waals surface area contributed by atoms with Crippen LogP contribution in [0.15, 0.2) is 54.6 Å². The van der Waals surface area contributed by atoms with Crippen LogP contribution >= 0.6 is 0 Å². The molecule has 0 N–H and O–H groups in total. The van der Waals surface area contributed by atoms with Crippen LogP contribution < -0.4 is 4.90 Å². The van der Waals surface area contributed by atoms with Gasteiger partial charge in [0.15, 0.2) is 0 Å². The molecular weight excluding hydrogens is 250 g/mol. The standard InChI is InChI=1S/C17H17NO2/c1-13(19)12-17(20)18(2)16-10-8-15(9-11-16)14-6-4-3-5-7-14/h3-11H,12H2,1-2H3. The van der Waals surface area contributed by atoms with Crippen molar-refractivity contribution in [2.45, 2.75) is 13.3 Å². The van der Waals surface area contributed by atoms with Crippen LogP contribution in [0.25, 0.3) is 11.1 Å². The molecule has 0 saturated heterocycles. The van der Waals surface area contributed by atoms with Crippen LogP contribution in [0, 0.1) is 0 Å². The van der Waals surface area contributed by atoms with E-state index in [1.807, 2.05) is 54.6 Å². The SMILES string of the molecule is CC(=O)CC(=O)N(C)c1ccc(-c2ccccc2)cc1. The molecule has 0 unspecified atom stereocenters. The molecule has 0 radical (unpaired) electrons. The van der Waals surface area contributed by atoms with Crippen molar-refractivity contribution in [2.75, 3.05) is 11.9 Å². The minimum absolute atomic E-state index is 0.0586. The molecule has 0 bridgehead atoms. The fraction of sp³-hybridized carbons (Fsp3) is 0.176. The normalized spacial score (nSPS) is 10.1. The van der Waals surface area contributed by atoms with E-state index in [1.54, 1.807) is 7.05 Å². The molecule has 0 aliphatic rings. The number of hydrogen-bond donors (Lipinski definition) is 0. The highest BCUT2D eigenvalue weighted by molar-refractivity contribution is 6.04. The van der Waals surface area contributed by atoms with Gasteiger partial charge in [0, 0.05) is 12.7 Å². The summed E-state index contributed by atoms with van der Waals surface area (Å²) in [5.74, 6) is -0.312. The van der Waals surface area contributed by atoms with Crippen molar-refractivity contribution < 1.29 is 9.59 Å². The molecule has 2 aromatic carbocycles. The van der Waals surface area contributed by atoms with Crippen molar-refractivity contribution in [1.29, 1.82) is 0 Å². The third-order valence-electron chi connectivity index (χ3n) is 3.14. The van der Waals surface area contributed by atoms with Gasteiger partial charge in [0.1, 0.15) is 5.78 Å². The van der Waals surface area contributed by atoms with Crippen molar-refractivity contribution >= 4 is 17.4 Å². The van der Waals surface area contributed by atoms with Gasteiger partial charge in [0.05, 0.1) is 6.42 Å². The second-order valence-corrected chi connectivity index (χ2v) is 4.74. The molecular formula is C17H17NO2. The summed E-state index contributed by atoms with van der Waals surface area (Å²) < 4.78 is 0. The summed E-state index contributed by atoms with van der Waals surface area (Å²) in [6.07, 6.45) is -0.0586. The number of nitrogens with zero attached hydrogens (tertiary/aromatic N) is 1. The lowest BCUT2D eigenvalue weighted by atomic mass is 10.1. The molecule has 0 aliphatic carbocycles. The summed E-state index contributed by atoms with van der Waals surface area (Å²) in [6, 6.07) is 17.8. The fourth-order valence-corrected chi connectivity index (χ4v) is 1.98. The number of hydrogen-bond acceptors (Lipinski definition) is 2. The number of carbonyl (C=O) groups excluding carboxylic acids is 2. The highest BCUT2D eigenvalue weighted by Crippen LogP contribution is 2.22. The van der Waals surface area contributed by atoms with Crippen molar-refractivity contribution in [3.8, 4) is 11.1 Å². The molecule has 0 fully saturated rings. The summed E-state index contributed by atoms with van der Waals surface area (Å²) >= 11 is 0. The summed E-state index contributed by atoms with van der Waals surface area (Å²) in [7, 11) is 1.68. The molecule has 2 aromatic rings. The maximum absolute atomic E-state index is 11.8. The van der Waals surface area contributed by atoms with Crippen molar-refractivity contribution in [3.63, 3.8) is 0 Å². The van der Waals surface area contributed by atoms with Crippen molar-refractivity contribution in [3.05, 3.63) is 54.6 Å². The predicted octanol–water partition coefficient (Wildman–Crippen LogP) is 3.30. The lowest BCUT2D eigenvalue weighted by molar-refractivity contribution is -0.125. The second kappa shape index (κ2) is 6.15. The lowest BCUT2D eigenvalue weighted by Crippen LogP contribution is -2.27. The lowest BCUT2D eigenvalue weighted by Gasteiger charge is -2.17. The van der Waals surface area contributed by atoms with E-state index in [2.05, 4.69) is 0 Å². The van der Waals surface area contributed by atoms with Gasteiger partial charge in [0.2, 0.25) is 5.91 Å². The highest BCUT2D eigenvalue weighted by atomic mass is 16.2. The van der Waals surface area contributed by atoms with Gasteiger partial charge in [-0.15, -0.1) is 0 Å². The summed E-state index contributed by atoms with van der Waals surface area (Å²) in [5.41, 5.74) is 3.02. The number of carbonyl (C=O) groups is 2. The zero-order chi connectivity index (χ0) is 14.5. The average Bonchev–Trinajstić information content (AvgIpc) is 2.47. The molecule has 3 nitrogen and oxygen atoms in total. The third-order valence-corrected chi connectivity index (χ3v) is 3.14. The smallest absolute Gasteiger partial charge is 0.234 e. The van der Waals surface area contributed by atoms with Crippen LogP contribution in [0.1, 0.15) is 13.3 Å². The highest BCUT2D eigenvalue weighted by Gasteiger charge is 2.12. The van der Waals surface area contributed by atoms with Gasteiger partial charge >= 0.3 is 0 Å². The molecule has 1 amide bonds. The number of ketones is 1. The summed E-state index contributed by atoms with van der Waals surface area (Å²) in [5, 5.41) is 0. The molecule has 0 atom stereocenters.